The summed E-state index contributed by atoms with van der Waals surface area (Å²) in [5, 5.41) is 8.02. The van der Waals surface area contributed by atoms with Gasteiger partial charge in [0, 0.05) is 49.4 Å². The van der Waals surface area contributed by atoms with Crippen molar-refractivity contribution < 1.29 is 31.9 Å². The molecule has 0 aromatic heterocycles. The van der Waals surface area contributed by atoms with E-state index >= 15 is 0 Å². The lowest BCUT2D eigenvalue weighted by molar-refractivity contribution is 0.129. The topological polar surface area (TPSA) is 64.6 Å². The highest BCUT2D eigenvalue weighted by atomic mass is 31.2. The molecular weight excluding hydrogens is 1060 g/mol. The third-order valence-electron chi connectivity index (χ3n) is 15.4. The Hall–Kier alpha value is -7.30. The van der Waals surface area contributed by atoms with E-state index in [9.17, 15) is 0 Å². The molecule has 0 bridgehead atoms. The van der Waals surface area contributed by atoms with Gasteiger partial charge in [0.05, 0.1) is 0 Å². The van der Waals surface area contributed by atoms with Crippen LogP contribution in [0.3, 0.4) is 0 Å². The normalized spacial score (nSPS) is 12.4. The molecule has 428 valence electrons. The van der Waals surface area contributed by atoms with Gasteiger partial charge in [-0.2, -0.15) is 0 Å². The van der Waals surface area contributed by atoms with Crippen LogP contribution in [0.2, 0.25) is 0 Å². The smallest absolute Gasteiger partial charge is 0.488 e. The largest absolute Gasteiger partial charge is 0.530 e. The van der Waals surface area contributed by atoms with Crippen LogP contribution >= 0.6 is 17.2 Å². The predicted molar refractivity (Wildman–Crippen MR) is 350 cm³/mol. The Morgan fingerprint density at radius 2 is 0.566 bits per heavy atom. The number of rotatable bonds is 14. The quantitative estimate of drug-likeness (QED) is 0.101. The maximum Gasteiger partial charge on any atom is 0.530 e. The van der Waals surface area contributed by atoms with Gasteiger partial charge < -0.3 is 31.9 Å². The van der Waals surface area contributed by atoms with Crippen molar-refractivity contribution in [2.45, 2.75) is 146 Å². The lowest BCUT2D eigenvalue weighted by Crippen LogP contribution is -2.25. The van der Waals surface area contributed by atoms with Crippen molar-refractivity contribution in [3.63, 3.8) is 0 Å². The predicted octanol–water partition coefficient (Wildman–Crippen LogP) is 22.4. The molecule has 0 N–H and O–H groups in total. The Morgan fingerprint density at radius 3 is 0.867 bits per heavy atom. The molecule has 0 saturated heterocycles. The molecule has 0 aliphatic heterocycles. The maximum atomic E-state index is 7.89. The molecular formula is C74H80O7P2. The van der Waals surface area contributed by atoms with Gasteiger partial charge in [0.2, 0.25) is 0 Å². The second-order valence-corrected chi connectivity index (χ2v) is 28.2. The Labute approximate surface area is 495 Å². The molecule has 0 aliphatic carbocycles. The average Bonchev–Trinajstić information content (AvgIpc) is 1.33. The van der Waals surface area contributed by atoms with Gasteiger partial charge >= 0.3 is 17.2 Å². The van der Waals surface area contributed by atoms with E-state index in [-0.39, 0.29) is 5.41 Å². The fourth-order valence-electron chi connectivity index (χ4n) is 11.1. The van der Waals surface area contributed by atoms with Gasteiger partial charge in [-0.15, -0.1) is 0 Å². The van der Waals surface area contributed by atoms with Crippen molar-refractivity contribution in [3.8, 4) is 51.4 Å². The van der Waals surface area contributed by atoms with Crippen LogP contribution < -0.4 is 31.9 Å². The number of benzene rings is 10. The third-order valence-corrected chi connectivity index (χ3v) is 17.4. The second kappa shape index (κ2) is 22.7. The van der Waals surface area contributed by atoms with Crippen LogP contribution in [-0.2, 0) is 16.2 Å². The first-order valence-electron chi connectivity index (χ1n) is 28.8. The summed E-state index contributed by atoms with van der Waals surface area (Å²) in [6.45, 7) is 39.2. The molecule has 10 aromatic rings. The van der Waals surface area contributed by atoms with E-state index in [1.165, 1.54) is 0 Å². The molecule has 0 heterocycles. The second-order valence-electron chi connectivity index (χ2n) is 26.2. The van der Waals surface area contributed by atoms with Crippen LogP contribution in [0.5, 0.6) is 40.2 Å². The van der Waals surface area contributed by atoms with Gasteiger partial charge in [0.15, 0.2) is 0 Å². The minimum absolute atomic E-state index is 0.326. The van der Waals surface area contributed by atoms with Crippen LogP contribution in [0.25, 0.3) is 54.2 Å². The fourth-order valence-corrected chi connectivity index (χ4v) is 13.5. The first-order valence-corrected chi connectivity index (χ1v) is 31.0. The van der Waals surface area contributed by atoms with Crippen LogP contribution in [0.1, 0.15) is 133 Å². The minimum atomic E-state index is -2.32. The molecule has 0 atom stereocenters. The molecule has 0 fully saturated rings. The lowest BCUT2D eigenvalue weighted by atomic mass is 9.74. The van der Waals surface area contributed by atoms with Crippen molar-refractivity contribution in [2.24, 2.45) is 0 Å². The summed E-state index contributed by atoms with van der Waals surface area (Å²) in [5.41, 5.74) is 8.44. The molecule has 9 heteroatoms. The molecule has 0 spiro atoms. The van der Waals surface area contributed by atoms with Gasteiger partial charge in [0.25, 0.3) is 0 Å². The molecule has 83 heavy (non-hydrogen) atoms. The summed E-state index contributed by atoms with van der Waals surface area (Å²) in [6, 6.07) is 54.7. The first-order chi connectivity index (χ1) is 39.2. The average molecular weight is 1140 g/mol. The summed E-state index contributed by atoms with van der Waals surface area (Å²) in [7, 11) is -4.63. The zero-order valence-corrected chi connectivity index (χ0v) is 53.6. The molecule has 0 aliphatic rings. The number of ether oxygens (including phenoxy) is 1. The maximum absolute atomic E-state index is 7.89. The fraction of sp³-hybridized carbons (Fsp3) is 0.297. The van der Waals surface area contributed by atoms with Crippen LogP contribution in [0, 0.1) is 41.5 Å². The Balaban J connectivity index is 1.30. The number of fused-ring (bicyclic) bond motifs is 4. The third kappa shape index (κ3) is 12.2. The van der Waals surface area contributed by atoms with E-state index in [1.54, 1.807) is 0 Å². The highest BCUT2D eigenvalue weighted by Gasteiger charge is 2.39. The van der Waals surface area contributed by atoms with Crippen molar-refractivity contribution in [3.05, 3.63) is 208 Å². The highest BCUT2D eigenvalue weighted by molar-refractivity contribution is 7.43. The van der Waals surface area contributed by atoms with Gasteiger partial charge in [-0.25, -0.2) is 0 Å². The van der Waals surface area contributed by atoms with Crippen molar-refractivity contribution in [2.75, 3.05) is 0 Å². The van der Waals surface area contributed by atoms with Gasteiger partial charge in [-0.3, -0.25) is 0 Å². The van der Waals surface area contributed by atoms with Crippen molar-refractivity contribution >= 4 is 60.3 Å². The van der Waals surface area contributed by atoms with E-state index in [1.807, 2.05) is 24.3 Å². The SMILES string of the molecule is Cc1ccc2ccccc2c1OP(Oc1c(C(C)(C)C)cc(OC(C)(C)C)c(C)c1-c1c(C)c(C(C)(C)C)cc(C(C)(C)C)c1OP(Oc1c(C)ccc2ccccc12)Oc1c(C)ccc2ccccc12)Oc1c(C)ccc2ccccc12. The van der Waals surface area contributed by atoms with Gasteiger partial charge in [-0.05, 0) is 140 Å². The molecule has 0 radical (unpaired) electrons. The Bertz CT molecular complexity index is 3920. The highest BCUT2D eigenvalue weighted by Crippen LogP contribution is 2.60. The molecule has 0 unspecified atom stereocenters. The molecule has 0 amide bonds. The van der Waals surface area contributed by atoms with E-state index in [0.717, 1.165) is 110 Å². The monoisotopic (exact) mass is 1140 g/mol. The lowest BCUT2D eigenvalue weighted by Gasteiger charge is -2.35. The van der Waals surface area contributed by atoms with E-state index in [4.69, 9.17) is 31.9 Å². The molecule has 0 saturated carbocycles. The first kappa shape index (κ1) is 58.9. The summed E-state index contributed by atoms with van der Waals surface area (Å²) < 4.78 is 52.5. The number of hydrogen-bond donors (Lipinski definition) is 0. The zero-order chi connectivity index (χ0) is 59.5. The van der Waals surface area contributed by atoms with Crippen molar-refractivity contribution in [1.82, 2.24) is 0 Å². The number of hydrogen-bond acceptors (Lipinski definition) is 7. The molecule has 7 nitrogen and oxygen atoms in total. The summed E-state index contributed by atoms with van der Waals surface area (Å²) >= 11 is 0. The van der Waals surface area contributed by atoms with Crippen LogP contribution in [-0.4, -0.2) is 5.60 Å². The van der Waals surface area contributed by atoms with Crippen LogP contribution in [0.4, 0.5) is 0 Å². The Kier molecular flexibility index (Phi) is 16.1. The van der Waals surface area contributed by atoms with Crippen LogP contribution in [0.15, 0.2) is 158 Å². The van der Waals surface area contributed by atoms with Crippen molar-refractivity contribution in [1.29, 1.82) is 0 Å². The van der Waals surface area contributed by atoms with E-state index in [2.05, 4.69) is 258 Å². The zero-order valence-electron chi connectivity index (χ0n) is 51.8. The summed E-state index contributed by atoms with van der Waals surface area (Å²) in [6.07, 6.45) is 0. The van der Waals surface area contributed by atoms with E-state index in [0.29, 0.717) is 34.5 Å². The summed E-state index contributed by atoms with van der Waals surface area (Å²) in [5.74, 6) is 4.70. The van der Waals surface area contributed by atoms with Gasteiger partial charge in [-0.1, -0.05) is 214 Å². The minimum Gasteiger partial charge on any atom is -0.488 e. The van der Waals surface area contributed by atoms with Gasteiger partial charge in [0.1, 0.15) is 45.8 Å². The Morgan fingerprint density at radius 1 is 0.289 bits per heavy atom. The standard InChI is InChI=1S/C74H80O7P2/c1-45-35-39-51-27-19-23-31-55(51)65(45)76-82(77-66-46(2)36-40-52-28-20-24-32-56(52)66)80-69-60(72(10,11)12)43-59(71(7,8)9)49(5)63(69)64-50(6)62(75-74(16,17)18)44-61(73(13,14)15)70(64)81-83(78-67-47(3)37-41-53-29-21-25-33-57(53)67)79-68-48(4)38-42-54-30-22-26-34-58(54)68/h19-44H,1-18H3. The molecule has 10 aromatic carbocycles. The summed E-state index contributed by atoms with van der Waals surface area (Å²) in [4.78, 5) is 0. The molecule has 10 rings (SSSR count). The number of aryl methyl sites for hydroxylation is 4. The van der Waals surface area contributed by atoms with E-state index < -0.39 is 33.6 Å².